The molecule has 1 fully saturated rings. The zero-order chi connectivity index (χ0) is 16.5. The fourth-order valence-electron chi connectivity index (χ4n) is 3.09. The summed E-state index contributed by atoms with van der Waals surface area (Å²) in [4.78, 5) is 20.9. The molecule has 2 aromatic heterocycles. The summed E-state index contributed by atoms with van der Waals surface area (Å²) in [6, 6.07) is 10.4. The lowest BCUT2D eigenvalue weighted by molar-refractivity contribution is -0.121. The van der Waals surface area contributed by atoms with Gasteiger partial charge in [-0.3, -0.25) is 4.79 Å². The van der Waals surface area contributed by atoms with E-state index in [4.69, 9.17) is 0 Å². The molecule has 1 aliphatic carbocycles. The average Bonchev–Trinajstić information content (AvgIpc) is 3.14. The largest absolute Gasteiger partial charge is 0.347 e. The lowest BCUT2D eigenvalue weighted by Crippen LogP contribution is -2.21. The van der Waals surface area contributed by atoms with Crippen molar-refractivity contribution in [2.24, 2.45) is 0 Å². The van der Waals surface area contributed by atoms with Crippen molar-refractivity contribution in [1.29, 1.82) is 0 Å². The molecular weight excluding hydrogens is 322 g/mol. The van der Waals surface area contributed by atoms with Gasteiger partial charge >= 0.3 is 0 Å². The number of fused-ring (bicyclic) bond motifs is 1. The molecule has 1 saturated carbocycles. The summed E-state index contributed by atoms with van der Waals surface area (Å²) in [5.74, 6) is 0.308. The van der Waals surface area contributed by atoms with Gasteiger partial charge < -0.3 is 4.90 Å². The molecule has 0 radical (unpaired) electrons. The molecule has 124 valence electrons. The standard InChI is InChI=1S/C17H19N5OS/c1-21(11-12-6-3-2-4-7-12)17-18-15-16(24-17)20-22(19-15)13-8-5-9-14(23)10-13/h2-4,6-7,13H,5,8-11H2,1H3. The maximum absolute atomic E-state index is 11.6. The van der Waals surface area contributed by atoms with E-state index in [1.165, 1.54) is 5.56 Å². The van der Waals surface area contributed by atoms with Crippen LogP contribution in [0.25, 0.3) is 10.5 Å². The Bertz CT molecular complexity index is 825. The second-order valence-electron chi connectivity index (χ2n) is 6.28. The van der Waals surface area contributed by atoms with Crippen molar-refractivity contribution in [3.05, 3.63) is 35.9 Å². The molecule has 0 aliphatic heterocycles. The Morgan fingerprint density at radius 1 is 1.29 bits per heavy atom. The van der Waals surface area contributed by atoms with Crippen molar-refractivity contribution in [3.8, 4) is 0 Å². The van der Waals surface area contributed by atoms with E-state index < -0.39 is 0 Å². The molecule has 0 N–H and O–H groups in total. The van der Waals surface area contributed by atoms with Crippen molar-refractivity contribution in [2.45, 2.75) is 38.3 Å². The minimum Gasteiger partial charge on any atom is -0.347 e. The average molecular weight is 341 g/mol. The van der Waals surface area contributed by atoms with Crippen LogP contribution in [-0.2, 0) is 11.3 Å². The number of carbonyl (C=O) groups is 1. The normalized spacial score (nSPS) is 18.2. The highest BCUT2D eigenvalue weighted by molar-refractivity contribution is 7.21. The number of nitrogens with zero attached hydrogens (tertiary/aromatic N) is 5. The molecule has 1 atom stereocenters. The van der Waals surface area contributed by atoms with E-state index in [2.05, 4.69) is 32.2 Å². The molecule has 0 amide bonds. The molecule has 4 rings (SSSR count). The Morgan fingerprint density at radius 2 is 2.12 bits per heavy atom. The van der Waals surface area contributed by atoms with Gasteiger partial charge in [-0.2, -0.15) is 9.78 Å². The summed E-state index contributed by atoms with van der Waals surface area (Å²) in [5.41, 5.74) is 1.92. The molecule has 7 heteroatoms. The number of rotatable bonds is 4. The summed E-state index contributed by atoms with van der Waals surface area (Å²) in [6.07, 6.45) is 3.13. The predicted octanol–water partition coefficient (Wildman–Crippen LogP) is 3.21. The molecule has 0 spiro atoms. The zero-order valence-electron chi connectivity index (χ0n) is 13.6. The summed E-state index contributed by atoms with van der Waals surface area (Å²) < 4.78 is 0. The quantitative estimate of drug-likeness (QED) is 0.729. The number of aromatic nitrogens is 4. The van der Waals surface area contributed by atoms with E-state index in [1.54, 1.807) is 16.1 Å². The maximum atomic E-state index is 11.6. The Hall–Kier alpha value is -2.28. The van der Waals surface area contributed by atoms with Crippen molar-refractivity contribution >= 4 is 32.7 Å². The summed E-state index contributed by atoms with van der Waals surface area (Å²) >= 11 is 1.55. The highest BCUT2D eigenvalue weighted by Crippen LogP contribution is 2.30. The SMILES string of the molecule is CN(Cc1ccccc1)c1nc2nn(C3CCCC(=O)C3)nc2s1. The van der Waals surface area contributed by atoms with Crippen LogP contribution in [0.4, 0.5) is 5.13 Å². The van der Waals surface area contributed by atoms with Gasteiger partial charge in [-0.25, -0.2) is 0 Å². The highest BCUT2D eigenvalue weighted by atomic mass is 32.1. The monoisotopic (exact) mass is 341 g/mol. The van der Waals surface area contributed by atoms with Crippen LogP contribution >= 0.6 is 11.3 Å². The maximum Gasteiger partial charge on any atom is 0.215 e. The van der Waals surface area contributed by atoms with E-state index in [1.807, 2.05) is 25.2 Å². The minimum absolute atomic E-state index is 0.0955. The number of carbonyl (C=O) groups excluding carboxylic acids is 1. The van der Waals surface area contributed by atoms with Crippen LogP contribution in [0.1, 0.15) is 37.3 Å². The van der Waals surface area contributed by atoms with Gasteiger partial charge in [0.05, 0.1) is 6.04 Å². The third-order valence-corrected chi connectivity index (χ3v) is 5.39. The summed E-state index contributed by atoms with van der Waals surface area (Å²) in [5, 5.41) is 9.98. The third kappa shape index (κ3) is 3.03. The van der Waals surface area contributed by atoms with Crippen LogP contribution < -0.4 is 4.90 Å². The summed E-state index contributed by atoms with van der Waals surface area (Å²) in [6.45, 7) is 0.800. The Morgan fingerprint density at radius 3 is 2.88 bits per heavy atom. The van der Waals surface area contributed by atoms with Gasteiger partial charge in [0.1, 0.15) is 5.78 Å². The van der Waals surface area contributed by atoms with Crippen LogP contribution in [0.15, 0.2) is 30.3 Å². The van der Waals surface area contributed by atoms with Gasteiger partial charge in [-0.05, 0) is 18.4 Å². The number of hydrogen-bond acceptors (Lipinski definition) is 6. The number of hydrogen-bond donors (Lipinski definition) is 0. The zero-order valence-corrected chi connectivity index (χ0v) is 14.4. The van der Waals surface area contributed by atoms with Crippen LogP contribution in [-0.4, -0.2) is 32.8 Å². The van der Waals surface area contributed by atoms with E-state index in [9.17, 15) is 4.79 Å². The number of ketones is 1. The molecular formula is C17H19N5OS. The van der Waals surface area contributed by atoms with Crippen LogP contribution in [0.2, 0.25) is 0 Å². The molecule has 2 heterocycles. The molecule has 0 bridgehead atoms. The Kier molecular flexibility index (Phi) is 4.02. The first kappa shape index (κ1) is 15.3. The molecule has 0 saturated heterocycles. The second-order valence-corrected chi connectivity index (χ2v) is 7.23. The van der Waals surface area contributed by atoms with E-state index >= 15 is 0 Å². The highest BCUT2D eigenvalue weighted by Gasteiger charge is 2.24. The molecule has 1 aliphatic rings. The van der Waals surface area contributed by atoms with Crippen LogP contribution in [0, 0.1) is 0 Å². The van der Waals surface area contributed by atoms with E-state index in [0.717, 1.165) is 29.3 Å². The fourth-order valence-corrected chi connectivity index (χ4v) is 3.91. The van der Waals surface area contributed by atoms with Gasteiger partial charge in [0.25, 0.3) is 0 Å². The van der Waals surface area contributed by atoms with Crippen molar-refractivity contribution < 1.29 is 4.79 Å². The van der Waals surface area contributed by atoms with Crippen LogP contribution in [0.5, 0.6) is 0 Å². The number of benzene rings is 1. The van der Waals surface area contributed by atoms with Gasteiger partial charge in [0, 0.05) is 26.4 Å². The lowest BCUT2D eigenvalue weighted by Gasteiger charge is -2.19. The van der Waals surface area contributed by atoms with Crippen molar-refractivity contribution in [3.63, 3.8) is 0 Å². The number of Topliss-reactive ketones (excluding diaryl/α,β-unsaturated/α-hetero) is 1. The predicted molar refractivity (Wildman–Crippen MR) is 94.3 cm³/mol. The minimum atomic E-state index is 0.0955. The molecule has 6 nitrogen and oxygen atoms in total. The topological polar surface area (TPSA) is 63.9 Å². The Labute approximate surface area is 144 Å². The van der Waals surface area contributed by atoms with Crippen LogP contribution in [0.3, 0.4) is 0 Å². The molecule has 24 heavy (non-hydrogen) atoms. The molecule has 1 aromatic carbocycles. The first-order valence-electron chi connectivity index (χ1n) is 8.19. The Balaban J connectivity index is 1.52. The van der Waals surface area contributed by atoms with Gasteiger partial charge in [-0.15, -0.1) is 10.2 Å². The third-order valence-electron chi connectivity index (χ3n) is 4.34. The number of thiazole rings is 1. The van der Waals surface area contributed by atoms with Gasteiger partial charge in [-0.1, -0.05) is 41.7 Å². The van der Waals surface area contributed by atoms with Crippen molar-refractivity contribution in [1.82, 2.24) is 20.0 Å². The molecule has 3 aromatic rings. The first-order chi connectivity index (χ1) is 11.7. The van der Waals surface area contributed by atoms with Gasteiger partial charge in [0.15, 0.2) is 9.96 Å². The number of anilines is 1. The van der Waals surface area contributed by atoms with E-state index in [0.29, 0.717) is 24.3 Å². The summed E-state index contributed by atoms with van der Waals surface area (Å²) in [7, 11) is 2.03. The van der Waals surface area contributed by atoms with Crippen molar-refractivity contribution in [2.75, 3.05) is 11.9 Å². The smallest absolute Gasteiger partial charge is 0.215 e. The first-order valence-corrected chi connectivity index (χ1v) is 9.01. The van der Waals surface area contributed by atoms with E-state index in [-0.39, 0.29) is 6.04 Å². The molecule has 1 unspecified atom stereocenters. The lowest BCUT2D eigenvalue weighted by atomic mass is 9.95. The fraction of sp³-hybridized carbons (Fsp3) is 0.412. The second kappa shape index (κ2) is 6.32. The van der Waals surface area contributed by atoms with Gasteiger partial charge in [0.2, 0.25) is 5.65 Å².